The van der Waals surface area contributed by atoms with Gasteiger partial charge < -0.3 is 9.84 Å². The Morgan fingerprint density at radius 3 is 3.00 bits per heavy atom. The SMILES string of the molecule is CCOC(=O)Cn1cc(/C=C/C(=O)O)cn1. The van der Waals surface area contributed by atoms with Crippen LogP contribution in [0, 0.1) is 0 Å². The smallest absolute Gasteiger partial charge is 0.328 e. The summed E-state index contributed by atoms with van der Waals surface area (Å²) in [6.07, 6.45) is 5.44. The van der Waals surface area contributed by atoms with Gasteiger partial charge in [-0.05, 0) is 13.0 Å². The lowest BCUT2D eigenvalue weighted by molar-refractivity contribution is -0.144. The van der Waals surface area contributed by atoms with Crippen LogP contribution >= 0.6 is 0 Å². The van der Waals surface area contributed by atoms with Gasteiger partial charge in [-0.25, -0.2) is 4.79 Å². The summed E-state index contributed by atoms with van der Waals surface area (Å²) in [4.78, 5) is 21.3. The summed E-state index contributed by atoms with van der Waals surface area (Å²) >= 11 is 0. The number of hydrogen-bond acceptors (Lipinski definition) is 4. The van der Waals surface area contributed by atoms with Gasteiger partial charge in [0.2, 0.25) is 0 Å². The van der Waals surface area contributed by atoms with Gasteiger partial charge in [0.05, 0.1) is 12.8 Å². The predicted octanol–water partition coefficient (Wildman–Crippen LogP) is 0.544. The Balaban J connectivity index is 2.58. The fourth-order valence-electron chi connectivity index (χ4n) is 1.06. The van der Waals surface area contributed by atoms with Gasteiger partial charge >= 0.3 is 11.9 Å². The number of carboxylic acid groups (broad SMARTS) is 1. The summed E-state index contributed by atoms with van der Waals surface area (Å²) in [6.45, 7) is 2.07. The van der Waals surface area contributed by atoms with E-state index in [9.17, 15) is 9.59 Å². The first kappa shape index (κ1) is 12.0. The maximum Gasteiger partial charge on any atom is 0.328 e. The van der Waals surface area contributed by atoms with Crippen molar-refractivity contribution in [1.29, 1.82) is 0 Å². The second-order valence-corrected chi connectivity index (χ2v) is 2.95. The third-order valence-electron chi connectivity index (χ3n) is 1.67. The summed E-state index contributed by atoms with van der Waals surface area (Å²) in [6, 6.07) is 0. The average molecular weight is 224 g/mol. The zero-order valence-corrected chi connectivity index (χ0v) is 8.79. The highest BCUT2D eigenvalue weighted by Gasteiger charge is 2.03. The molecular formula is C10H12N2O4. The Kier molecular flexibility index (Phi) is 4.26. The molecule has 1 aromatic rings. The minimum atomic E-state index is -1.03. The normalized spacial score (nSPS) is 10.6. The van der Waals surface area contributed by atoms with Crippen molar-refractivity contribution in [1.82, 2.24) is 9.78 Å². The molecule has 0 atom stereocenters. The lowest BCUT2D eigenvalue weighted by atomic mass is 10.3. The summed E-state index contributed by atoms with van der Waals surface area (Å²) in [5, 5.41) is 12.3. The predicted molar refractivity (Wildman–Crippen MR) is 55.5 cm³/mol. The average Bonchev–Trinajstić information content (AvgIpc) is 2.63. The highest BCUT2D eigenvalue weighted by molar-refractivity contribution is 5.85. The van der Waals surface area contributed by atoms with Crippen molar-refractivity contribution in [2.24, 2.45) is 0 Å². The Bertz CT molecular complexity index is 409. The Labute approximate surface area is 92.1 Å². The van der Waals surface area contributed by atoms with Crippen LogP contribution in [0.5, 0.6) is 0 Å². The van der Waals surface area contributed by atoms with Gasteiger partial charge in [-0.3, -0.25) is 9.48 Å². The van der Waals surface area contributed by atoms with Gasteiger partial charge in [0.25, 0.3) is 0 Å². The van der Waals surface area contributed by atoms with Crippen molar-refractivity contribution in [3.8, 4) is 0 Å². The minimum Gasteiger partial charge on any atom is -0.478 e. The first-order valence-electron chi connectivity index (χ1n) is 4.71. The number of carboxylic acids is 1. The molecule has 6 heteroatoms. The highest BCUT2D eigenvalue weighted by Crippen LogP contribution is 2.00. The van der Waals surface area contributed by atoms with Crippen molar-refractivity contribution >= 4 is 18.0 Å². The number of hydrogen-bond donors (Lipinski definition) is 1. The van der Waals surface area contributed by atoms with Gasteiger partial charge in [0.1, 0.15) is 6.54 Å². The molecule has 0 aromatic carbocycles. The first-order valence-corrected chi connectivity index (χ1v) is 4.71. The fourth-order valence-corrected chi connectivity index (χ4v) is 1.06. The molecule has 0 aliphatic carbocycles. The van der Waals surface area contributed by atoms with Gasteiger partial charge in [-0.1, -0.05) is 0 Å². The molecule has 16 heavy (non-hydrogen) atoms. The Morgan fingerprint density at radius 2 is 2.38 bits per heavy atom. The molecule has 0 saturated heterocycles. The third kappa shape index (κ3) is 3.95. The van der Waals surface area contributed by atoms with Crippen LogP contribution in [0.25, 0.3) is 6.08 Å². The number of aromatic nitrogens is 2. The van der Waals surface area contributed by atoms with Crippen molar-refractivity contribution in [3.05, 3.63) is 24.0 Å². The molecule has 1 heterocycles. The second kappa shape index (κ2) is 5.69. The van der Waals surface area contributed by atoms with Crippen molar-refractivity contribution < 1.29 is 19.4 Å². The van der Waals surface area contributed by atoms with E-state index >= 15 is 0 Å². The number of ether oxygens (including phenoxy) is 1. The summed E-state index contributed by atoms with van der Waals surface area (Å²) in [5.41, 5.74) is 0.617. The Hall–Kier alpha value is -2.11. The van der Waals surface area contributed by atoms with Gasteiger partial charge in [0.15, 0.2) is 0 Å². The molecule has 86 valence electrons. The molecule has 6 nitrogen and oxygen atoms in total. The topological polar surface area (TPSA) is 81.4 Å². The van der Waals surface area contributed by atoms with Gasteiger partial charge in [0, 0.05) is 17.8 Å². The number of nitrogens with zero attached hydrogens (tertiary/aromatic N) is 2. The Morgan fingerprint density at radius 1 is 1.62 bits per heavy atom. The molecule has 0 radical (unpaired) electrons. The molecule has 0 fully saturated rings. The zero-order valence-electron chi connectivity index (χ0n) is 8.79. The van der Waals surface area contributed by atoms with Crippen LogP contribution in [-0.4, -0.2) is 33.4 Å². The summed E-state index contributed by atoms with van der Waals surface area (Å²) < 4.78 is 6.13. The van der Waals surface area contributed by atoms with Gasteiger partial charge in [-0.2, -0.15) is 5.10 Å². The molecule has 0 aliphatic heterocycles. The van der Waals surface area contributed by atoms with E-state index in [1.165, 1.54) is 17.0 Å². The van der Waals surface area contributed by atoms with E-state index < -0.39 is 5.97 Å². The quantitative estimate of drug-likeness (QED) is 0.583. The standard InChI is InChI=1S/C10H12N2O4/c1-2-16-10(15)7-12-6-8(5-11-12)3-4-9(13)14/h3-6H,2,7H2,1H3,(H,13,14)/b4-3+. The largest absolute Gasteiger partial charge is 0.478 e. The fraction of sp³-hybridized carbons (Fsp3) is 0.300. The van der Waals surface area contributed by atoms with Crippen LogP contribution in [0.2, 0.25) is 0 Å². The lowest BCUT2D eigenvalue weighted by Gasteiger charge is -2.00. The second-order valence-electron chi connectivity index (χ2n) is 2.95. The van der Waals surface area contributed by atoms with Crippen LogP contribution in [-0.2, 0) is 20.9 Å². The number of carbonyl (C=O) groups excluding carboxylic acids is 1. The van der Waals surface area contributed by atoms with E-state index in [1.54, 1.807) is 13.1 Å². The molecule has 0 unspecified atom stereocenters. The number of carbonyl (C=O) groups is 2. The molecule has 1 rings (SSSR count). The molecule has 1 N–H and O–H groups in total. The zero-order chi connectivity index (χ0) is 12.0. The molecule has 0 saturated carbocycles. The van der Waals surface area contributed by atoms with Crippen LogP contribution in [0.4, 0.5) is 0 Å². The maximum atomic E-state index is 11.1. The highest BCUT2D eigenvalue weighted by atomic mass is 16.5. The number of rotatable bonds is 5. The van der Waals surface area contributed by atoms with E-state index in [-0.39, 0.29) is 12.5 Å². The maximum absolute atomic E-state index is 11.1. The van der Waals surface area contributed by atoms with Crippen LogP contribution in [0.3, 0.4) is 0 Å². The van der Waals surface area contributed by atoms with Crippen LogP contribution < -0.4 is 0 Å². The molecule has 1 aromatic heterocycles. The van der Waals surface area contributed by atoms with Crippen molar-refractivity contribution in [3.63, 3.8) is 0 Å². The summed E-state index contributed by atoms with van der Waals surface area (Å²) in [7, 11) is 0. The van der Waals surface area contributed by atoms with E-state index in [1.807, 2.05) is 0 Å². The van der Waals surface area contributed by atoms with E-state index in [2.05, 4.69) is 5.10 Å². The molecule has 0 amide bonds. The molecule has 0 bridgehead atoms. The lowest BCUT2D eigenvalue weighted by Crippen LogP contribution is -2.13. The molecular weight excluding hydrogens is 212 g/mol. The van der Waals surface area contributed by atoms with Crippen LogP contribution in [0.15, 0.2) is 18.5 Å². The third-order valence-corrected chi connectivity index (χ3v) is 1.67. The van der Waals surface area contributed by atoms with Crippen molar-refractivity contribution in [2.75, 3.05) is 6.61 Å². The van der Waals surface area contributed by atoms with Crippen LogP contribution in [0.1, 0.15) is 12.5 Å². The molecule has 0 spiro atoms. The monoisotopic (exact) mass is 224 g/mol. The van der Waals surface area contributed by atoms with E-state index in [4.69, 9.17) is 9.84 Å². The van der Waals surface area contributed by atoms with E-state index in [0.29, 0.717) is 12.2 Å². The minimum absolute atomic E-state index is 0.0226. The van der Waals surface area contributed by atoms with Gasteiger partial charge in [-0.15, -0.1) is 0 Å². The van der Waals surface area contributed by atoms with Crippen molar-refractivity contribution in [2.45, 2.75) is 13.5 Å². The first-order chi connectivity index (χ1) is 7.61. The van der Waals surface area contributed by atoms with E-state index in [0.717, 1.165) is 6.08 Å². The summed E-state index contributed by atoms with van der Waals surface area (Å²) in [5.74, 6) is -1.41. The molecule has 0 aliphatic rings. The number of esters is 1. The number of aliphatic carboxylic acids is 1.